The van der Waals surface area contributed by atoms with Crippen molar-refractivity contribution in [1.29, 1.82) is 0 Å². The normalized spacial score (nSPS) is 14.5. The molecule has 0 aliphatic carbocycles. The van der Waals surface area contributed by atoms with Crippen LogP contribution in [0.3, 0.4) is 0 Å². The molecule has 17 nitrogen and oxygen atoms in total. The third-order valence-electron chi connectivity index (χ3n) is 19.2. The molecule has 0 aromatic carbocycles. The number of hydrogen-bond acceptors (Lipinski definition) is 15. The van der Waals surface area contributed by atoms with Crippen LogP contribution >= 0.6 is 15.6 Å². The SMILES string of the molecule is CCCCCCCCCCCCCCCCCCCCCCCCC(=O)O[C@H](COC(=O)CCCCCCCCCCCCCCCC)COP(=O)(O)OC[C@@H](O)COP(=O)(O)OC[C@@H](COC(=O)CCCCCCCCC(C)CC)OC(=O)CCCCCCCCCCC(C)CC. The third kappa shape index (κ3) is 69.8. The lowest BCUT2D eigenvalue weighted by molar-refractivity contribution is -0.161. The highest BCUT2D eigenvalue weighted by Gasteiger charge is 2.30. The second kappa shape index (κ2) is 70.7. The van der Waals surface area contributed by atoms with Gasteiger partial charge >= 0.3 is 39.5 Å². The molecular weight excluding hydrogens is 1280 g/mol. The molecule has 0 aliphatic rings. The minimum Gasteiger partial charge on any atom is -0.462 e. The summed E-state index contributed by atoms with van der Waals surface area (Å²) >= 11 is 0. The summed E-state index contributed by atoms with van der Waals surface area (Å²) in [5.74, 6) is -0.615. The quantitative estimate of drug-likeness (QED) is 0.0222. The molecular formula is C79H154O17P2. The maximum atomic E-state index is 13.1. The number of esters is 4. The van der Waals surface area contributed by atoms with E-state index in [1.165, 1.54) is 225 Å². The van der Waals surface area contributed by atoms with Gasteiger partial charge < -0.3 is 33.8 Å². The van der Waals surface area contributed by atoms with Crippen LogP contribution in [-0.2, 0) is 65.4 Å². The van der Waals surface area contributed by atoms with Gasteiger partial charge in [0.15, 0.2) is 12.2 Å². The van der Waals surface area contributed by atoms with E-state index >= 15 is 0 Å². The fourth-order valence-corrected chi connectivity index (χ4v) is 13.7. The van der Waals surface area contributed by atoms with Crippen molar-refractivity contribution in [3.63, 3.8) is 0 Å². The van der Waals surface area contributed by atoms with E-state index in [4.69, 9.17) is 37.0 Å². The number of aliphatic hydroxyl groups is 1. The van der Waals surface area contributed by atoms with Crippen LogP contribution in [0.5, 0.6) is 0 Å². The van der Waals surface area contributed by atoms with Gasteiger partial charge in [-0.2, -0.15) is 0 Å². The number of ether oxygens (including phenoxy) is 4. The van der Waals surface area contributed by atoms with Crippen molar-refractivity contribution < 1.29 is 80.2 Å². The van der Waals surface area contributed by atoms with Crippen molar-refractivity contribution in [2.24, 2.45) is 11.8 Å². The standard InChI is InChI=1S/C79H154O17P2/c1-7-11-13-15-17-19-21-23-25-26-27-28-29-30-31-32-34-36-38-43-51-57-63-78(83)95-74(67-89-76(81)61-55-49-42-37-35-33-24-22-20-18-16-14-12-8-2)69-93-97(85,86)91-65-73(80)66-92-98(87,88)94-70-75(68-90-77(82)62-56-50-46-45-48-54-60-72(6)10-4)96-79(84)64-58-52-44-40-39-41-47-53-59-71(5)9-3/h71-75,80H,7-70H2,1-6H3,(H,85,86)(H,87,88)/t71?,72?,73-,74-,75-/m1/s1. The molecule has 0 aromatic rings. The van der Waals surface area contributed by atoms with Gasteiger partial charge in [0.1, 0.15) is 19.3 Å². The Morgan fingerprint density at radius 2 is 0.490 bits per heavy atom. The molecule has 582 valence electrons. The number of carbonyl (C=O) groups is 4. The molecule has 0 heterocycles. The summed E-state index contributed by atoms with van der Waals surface area (Å²) in [6.07, 6.45) is 59.8. The first kappa shape index (κ1) is 96.1. The molecule has 0 spiro atoms. The van der Waals surface area contributed by atoms with Crippen LogP contribution in [0.1, 0.15) is 414 Å². The van der Waals surface area contributed by atoms with Gasteiger partial charge in [-0.3, -0.25) is 37.3 Å². The fraction of sp³-hybridized carbons (Fsp3) is 0.949. The largest absolute Gasteiger partial charge is 0.472 e. The van der Waals surface area contributed by atoms with Crippen molar-refractivity contribution in [3.8, 4) is 0 Å². The van der Waals surface area contributed by atoms with E-state index in [-0.39, 0.29) is 25.7 Å². The lowest BCUT2D eigenvalue weighted by Crippen LogP contribution is -2.30. The van der Waals surface area contributed by atoms with Gasteiger partial charge in [-0.05, 0) is 37.5 Å². The number of unbranched alkanes of at least 4 members (excludes halogenated alkanes) is 46. The number of phosphoric acid groups is 2. The van der Waals surface area contributed by atoms with Crippen LogP contribution in [0.25, 0.3) is 0 Å². The zero-order chi connectivity index (χ0) is 72.1. The first-order valence-corrected chi connectivity index (χ1v) is 44.1. The van der Waals surface area contributed by atoms with E-state index in [0.29, 0.717) is 25.7 Å². The molecule has 0 aliphatic heterocycles. The first-order valence-electron chi connectivity index (χ1n) is 41.1. The van der Waals surface area contributed by atoms with Crippen LogP contribution in [-0.4, -0.2) is 96.7 Å². The predicted octanol–water partition coefficient (Wildman–Crippen LogP) is 23.5. The molecule has 4 unspecified atom stereocenters. The minimum absolute atomic E-state index is 0.104. The number of hydrogen-bond donors (Lipinski definition) is 3. The zero-order valence-electron chi connectivity index (χ0n) is 64.1. The van der Waals surface area contributed by atoms with Crippen LogP contribution < -0.4 is 0 Å². The lowest BCUT2D eigenvalue weighted by Gasteiger charge is -2.21. The molecule has 0 radical (unpaired) electrons. The van der Waals surface area contributed by atoms with Crippen molar-refractivity contribution >= 4 is 39.5 Å². The third-order valence-corrected chi connectivity index (χ3v) is 21.1. The summed E-state index contributed by atoms with van der Waals surface area (Å²) in [4.78, 5) is 72.9. The average molecular weight is 1440 g/mol. The molecule has 0 rings (SSSR count). The van der Waals surface area contributed by atoms with Crippen molar-refractivity contribution in [1.82, 2.24) is 0 Å². The summed E-state index contributed by atoms with van der Waals surface area (Å²) in [5, 5.41) is 10.6. The molecule has 0 aromatic heterocycles. The predicted molar refractivity (Wildman–Crippen MR) is 400 cm³/mol. The first-order chi connectivity index (χ1) is 47.4. The summed E-state index contributed by atoms with van der Waals surface area (Å²) in [7, 11) is -9.92. The minimum atomic E-state index is -4.96. The van der Waals surface area contributed by atoms with Gasteiger partial charge in [0.2, 0.25) is 0 Å². The summed E-state index contributed by atoms with van der Waals surface area (Å²) < 4.78 is 68.6. The molecule has 0 bridgehead atoms. The Morgan fingerprint density at radius 1 is 0.286 bits per heavy atom. The number of carbonyl (C=O) groups excluding carboxylic acids is 4. The molecule has 0 amide bonds. The van der Waals surface area contributed by atoms with E-state index in [0.717, 1.165) is 108 Å². The van der Waals surface area contributed by atoms with Crippen LogP contribution in [0, 0.1) is 11.8 Å². The van der Waals surface area contributed by atoms with Gasteiger partial charge in [-0.25, -0.2) is 9.13 Å². The van der Waals surface area contributed by atoms with Crippen molar-refractivity contribution in [2.45, 2.75) is 432 Å². The van der Waals surface area contributed by atoms with Gasteiger partial charge in [-0.15, -0.1) is 0 Å². The van der Waals surface area contributed by atoms with Gasteiger partial charge in [0, 0.05) is 25.7 Å². The molecule has 0 fully saturated rings. The fourth-order valence-electron chi connectivity index (χ4n) is 12.1. The monoisotopic (exact) mass is 1440 g/mol. The zero-order valence-corrected chi connectivity index (χ0v) is 65.9. The van der Waals surface area contributed by atoms with Crippen molar-refractivity contribution in [2.75, 3.05) is 39.6 Å². The topological polar surface area (TPSA) is 237 Å². The highest BCUT2D eigenvalue weighted by molar-refractivity contribution is 7.47. The van der Waals surface area contributed by atoms with Crippen molar-refractivity contribution in [3.05, 3.63) is 0 Å². The summed E-state index contributed by atoms with van der Waals surface area (Å²) in [6, 6.07) is 0. The van der Waals surface area contributed by atoms with E-state index in [1.807, 2.05) is 0 Å². The number of aliphatic hydroxyl groups excluding tert-OH is 1. The van der Waals surface area contributed by atoms with Gasteiger partial charge in [-0.1, -0.05) is 363 Å². The maximum absolute atomic E-state index is 13.1. The molecule has 0 saturated heterocycles. The Labute approximate surface area is 600 Å². The second-order valence-corrected chi connectivity index (χ2v) is 31.8. The Morgan fingerprint density at radius 3 is 0.724 bits per heavy atom. The van der Waals surface area contributed by atoms with Crippen LogP contribution in [0.2, 0.25) is 0 Å². The second-order valence-electron chi connectivity index (χ2n) is 28.9. The molecule has 98 heavy (non-hydrogen) atoms. The molecule has 0 saturated carbocycles. The molecule has 19 heteroatoms. The van der Waals surface area contributed by atoms with E-state index in [1.54, 1.807) is 0 Å². The number of phosphoric ester groups is 2. The highest BCUT2D eigenvalue weighted by atomic mass is 31.2. The summed E-state index contributed by atoms with van der Waals surface area (Å²) in [6.45, 7) is 9.57. The van der Waals surface area contributed by atoms with E-state index in [9.17, 15) is 43.2 Å². The van der Waals surface area contributed by atoms with Crippen LogP contribution in [0.4, 0.5) is 0 Å². The Balaban J connectivity index is 5.20. The van der Waals surface area contributed by atoms with Gasteiger partial charge in [0.25, 0.3) is 0 Å². The molecule has 7 atom stereocenters. The molecule has 3 N–H and O–H groups in total. The Hall–Kier alpha value is -1.94. The van der Waals surface area contributed by atoms with E-state index in [2.05, 4.69) is 41.5 Å². The van der Waals surface area contributed by atoms with E-state index < -0.39 is 97.5 Å². The Bertz CT molecular complexity index is 1890. The highest BCUT2D eigenvalue weighted by Crippen LogP contribution is 2.45. The van der Waals surface area contributed by atoms with Crippen LogP contribution in [0.15, 0.2) is 0 Å². The van der Waals surface area contributed by atoms with Gasteiger partial charge in [0.05, 0.1) is 26.4 Å². The Kier molecular flexibility index (Phi) is 69.3. The summed E-state index contributed by atoms with van der Waals surface area (Å²) in [5.41, 5.74) is 0. The smallest absolute Gasteiger partial charge is 0.462 e. The lowest BCUT2D eigenvalue weighted by atomic mass is 9.99. The average Bonchev–Trinajstić information content (AvgIpc) is 1.03. The number of rotatable bonds is 78. The maximum Gasteiger partial charge on any atom is 0.472 e.